The Morgan fingerprint density at radius 1 is 0.703 bits per heavy atom. The van der Waals surface area contributed by atoms with Crippen LogP contribution in [-0.2, 0) is 4.74 Å². The number of amides is 6. The molecule has 2 atom stereocenters. The fourth-order valence-corrected chi connectivity index (χ4v) is 3.86. The Labute approximate surface area is 209 Å². The summed E-state index contributed by atoms with van der Waals surface area (Å²) >= 11 is 0. The SMILES string of the molecule is CC(COCC(C)NC(=O)c1ccc2c(c1)C(=O)N(O)C2=O)NC(=O)c1ccc2c(c1)C(=O)N(O)C2=O. The van der Waals surface area contributed by atoms with Crippen molar-refractivity contribution in [3.05, 3.63) is 69.8 Å². The van der Waals surface area contributed by atoms with Crippen molar-refractivity contribution in [3.8, 4) is 0 Å². The first-order chi connectivity index (χ1) is 17.5. The van der Waals surface area contributed by atoms with Crippen molar-refractivity contribution < 1.29 is 43.9 Å². The second kappa shape index (κ2) is 9.89. The van der Waals surface area contributed by atoms with Gasteiger partial charge in [0.2, 0.25) is 0 Å². The lowest BCUT2D eigenvalue weighted by Crippen LogP contribution is -2.39. The third-order valence-corrected chi connectivity index (χ3v) is 5.75. The lowest BCUT2D eigenvalue weighted by Gasteiger charge is -2.18. The van der Waals surface area contributed by atoms with Gasteiger partial charge >= 0.3 is 0 Å². The molecule has 0 aliphatic carbocycles. The average molecular weight is 510 g/mol. The number of hydroxylamine groups is 4. The van der Waals surface area contributed by atoms with Crippen LogP contribution in [0.3, 0.4) is 0 Å². The maximum atomic E-state index is 12.5. The molecule has 2 unspecified atom stereocenters. The second-order valence-electron chi connectivity index (χ2n) is 8.65. The zero-order valence-corrected chi connectivity index (χ0v) is 19.7. The standard InChI is InChI=1S/C24H22N4O9/c1-11(25-19(29)13-3-5-15-17(7-13)23(33)27(35)21(15)31)9-37-10-12(2)26-20(30)14-4-6-16-18(8-14)24(34)28(36)22(16)32/h3-8,11-12,35-36H,9-10H2,1-2H3,(H,25,29)(H,26,30). The van der Waals surface area contributed by atoms with E-state index < -0.39 is 47.5 Å². The lowest BCUT2D eigenvalue weighted by atomic mass is 10.1. The number of nitrogens with zero attached hydrogens (tertiary/aromatic N) is 2. The Morgan fingerprint density at radius 2 is 1.05 bits per heavy atom. The van der Waals surface area contributed by atoms with Crippen LogP contribution in [0.15, 0.2) is 36.4 Å². The highest BCUT2D eigenvalue weighted by Crippen LogP contribution is 2.23. The van der Waals surface area contributed by atoms with Gasteiger partial charge in [0.25, 0.3) is 35.4 Å². The number of carbonyl (C=O) groups is 6. The molecule has 0 radical (unpaired) electrons. The number of hydrogen-bond acceptors (Lipinski definition) is 9. The highest BCUT2D eigenvalue weighted by atomic mass is 16.5. The quantitative estimate of drug-likeness (QED) is 0.292. The smallest absolute Gasteiger partial charge is 0.285 e. The van der Waals surface area contributed by atoms with E-state index in [1.54, 1.807) is 13.8 Å². The molecule has 0 aromatic heterocycles. The van der Waals surface area contributed by atoms with Crippen molar-refractivity contribution >= 4 is 35.4 Å². The average Bonchev–Trinajstić information content (AvgIpc) is 3.22. The van der Waals surface area contributed by atoms with Crippen LogP contribution < -0.4 is 10.6 Å². The molecule has 2 aromatic rings. The van der Waals surface area contributed by atoms with Crippen molar-refractivity contribution in [2.75, 3.05) is 13.2 Å². The molecule has 0 saturated carbocycles. The molecule has 13 heteroatoms. The van der Waals surface area contributed by atoms with Gasteiger partial charge in [0.05, 0.1) is 35.5 Å². The number of benzene rings is 2. The first-order valence-corrected chi connectivity index (χ1v) is 11.1. The highest BCUT2D eigenvalue weighted by molar-refractivity contribution is 6.21. The third-order valence-electron chi connectivity index (χ3n) is 5.75. The number of fused-ring (bicyclic) bond motifs is 2. The summed E-state index contributed by atoms with van der Waals surface area (Å²) in [5, 5.41) is 24.3. The first-order valence-electron chi connectivity index (χ1n) is 11.1. The minimum absolute atomic E-state index is 0.00389. The Bertz CT molecular complexity index is 1250. The molecule has 0 spiro atoms. The summed E-state index contributed by atoms with van der Waals surface area (Å²) in [6.45, 7) is 3.57. The van der Waals surface area contributed by atoms with Crippen LogP contribution in [0.2, 0.25) is 0 Å². The van der Waals surface area contributed by atoms with Gasteiger partial charge in [-0.1, -0.05) is 0 Å². The number of rotatable bonds is 8. The zero-order valence-electron chi connectivity index (χ0n) is 19.7. The summed E-state index contributed by atoms with van der Waals surface area (Å²) in [6, 6.07) is 6.88. The largest absolute Gasteiger partial charge is 0.377 e. The molecule has 13 nitrogen and oxygen atoms in total. The van der Waals surface area contributed by atoms with Crippen molar-refractivity contribution in [1.82, 2.24) is 20.8 Å². The van der Waals surface area contributed by atoms with E-state index in [4.69, 9.17) is 4.74 Å². The summed E-state index contributed by atoms with van der Waals surface area (Å²) in [5.74, 6) is -4.54. The van der Waals surface area contributed by atoms with Crippen molar-refractivity contribution in [2.45, 2.75) is 25.9 Å². The van der Waals surface area contributed by atoms with Gasteiger partial charge in [0.1, 0.15) is 0 Å². The van der Waals surface area contributed by atoms with Gasteiger partial charge in [0, 0.05) is 23.2 Å². The van der Waals surface area contributed by atoms with Crippen LogP contribution in [0.1, 0.15) is 76.0 Å². The topological polar surface area (TPSA) is 183 Å². The Balaban J connectivity index is 1.25. The first kappa shape index (κ1) is 25.6. The van der Waals surface area contributed by atoms with Gasteiger partial charge in [-0.15, -0.1) is 10.1 Å². The minimum Gasteiger partial charge on any atom is -0.377 e. The predicted octanol–water partition coefficient (Wildman–Crippen LogP) is 0.610. The van der Waals surface area contributed by atoms with Crippen LogP contribution in [0, 0.1) is 0 Å². The van der Waals surface area contributed by atoms with Crippen molar-refractivity contribution in [1.29, 1.82) is 0 Å². The maximum absolute atomic E-state index is 12.5. The van der Waals surface area contributed by atoms with Gasteiger partial charge in [-0.25, -0.2) is 0 Å². The number of carbonyl (C=O) groups excluding carboxylic acids is 6. The molecule has 6 amide bonds. The number of nitrogens with one attached hydrogen (secondary N) is 2. The van der Waals surface area contributed by atoms with Gasteiger partial charge in [-0.05, 0) is 50.2 Å². The van der Waals surface area contributed by atoms with E-state index >= 15 is 0 Å². The monoisotopic (exact) mass is 510 g/mol. The maximum Gasteiger partial charge on any atom is 0.285 e. The molecule has 4 rings (SSSR count). The van der Waals surface area contributed by atoms with E-state index in [2.05, 4.69) is 10.6 Å². The van der Waals surface area contributed by atoms with E-state index in [9.17, 15) is 39.2 Å². The molecule has 0 saturated heterocycles. The summed E-state index contributed by atoms with van der Waals surface area (Å²) in [6.07, 6.45) is 0. The molecule has 192 valence electrons. The van der Waals surface area contributed by atoms with Gasteiger partial charge in [-0.2, -0.15) is 0 Å². The molecule has 0 fully saturated rings. The number of hydrogen-bond donors (Lipinski definition) is 4. The van der Waals surface area contributed by atoms with Crippen LogP contribution in [-0.4, -0.2) is 81.3 Å². The Morgan fingerprint density at radius 3 is 1.43 bits per heavy atom. The van der Waals surface area contributed by atoms with Crippen molar-refractivity contribution in [2.24, 2.45) is 0 Å². The van der Waals surface area contributed by atoms with Gasteiger partial charge < -0.3 is 15.4 Å². The van der Waals surface area contributed by atoms with E-state index in [0.29, 0.717) is 0 Å². The fraction of sp³-hybridized carbons (Fsp3) is 0.250. The molecule has 0 bridgehead atoms. The van der Waals surface area contributed by atoms with E-state index in [-0.39, 0.29) is 56.7 Å². The van der Waals surface area contributed by atoms with E-state index in [1.807, 2.05) is 0 Å². The molecular weight excluding hydrogens is 488 g/mol. The van der Waals surface area contributed by atoms with Crippen LogP contribution in [0.25, 0.3) is 0 Å². The third kappa shape index (κ3) is 4.82. The molecule has 2 aliphatic heterocycles. The van der Waals surface area contributed by atoms with Crippen LogP contribution >= 0.6 is 0 Å². The minimum atomic E-state index is -0.905. The lowest BCUT2D eigenvalue weighted by molar-refractivity contribution is -0.0330. The normalized spacial score (nSPS) is 16.0. The van der Waals surface area contributed by atoms with Gasteiger partial charge in [-0.3, -0.25) is 39.2 Å². The molecule has 2 aromatic carbocycles. The fourth-order valence-electron chi connectivity index (χ4n) is 3.86. The summed E-state index contributed by atoms with van der Waals surface area (Å²) < 4.78 is 5.56. The van der Waals surface area contributed by atoms with Crippen molar-refractivity contribution in [3.63, 3.8) is 0 Å². The van der Waals surface area contributed by atoms with Gasteiger partial charge in [0.15, 0.2) is 0 Å². The molecule has 2 aliphatic rings. The van der Waals surface area contributed by atoms with E-state index in [1.165, 1.54) is 36.4 Å². The molecule has 2 heterocycles. The zero-order chi connectivity index (χ0) is 27.0. The Kier molecular flexibility index (Phi) is 6.85. The Hall–Kier alpha value is -4.46. The number of ether oxygens (including phenoxy) is 1. The summed E-state index contributed by atoms with van der Waals surface area (Å²) in [4.78, 5) is 72.3. The summed E-state index contributed by atoms with van der Waals surface area (Å²) in [5.41, 5.74) is 0.130. The molecule has 4 N–H and O–H groups in total. The van der Waals surface area contributed by atoms with Crippen LogP contribution in [0.4, 0.5) is 0 Å². The molecule has 37 heavy (non-hydrogen) atoms. The highest BCUT2D eigenvalue weighted by Gasteiger charge is 2.36. The molecular formula is C24H22N4O9. The number of imide groups is 2. The predicted molar refractivity (Wildman–Crippen MR) is 122 cm³/mol. The van der Waals surface area contributed by atoms with Crippen LogP contribution in [0.5, 0.6) is 0 Å². The second-order valence-corrected chi connectivity index (χ2v) is 8.65. The summed E-state index contributed by atoms with van der Waals surface area (Å²) in [7, 11) is 0. The van der Waals surface area contributed by atoms with E-state index in [0.717, 1.165) is 0 Å².